The normalized spacial score (nSPS) is 13.8. The third-order valence-corrected chi connectivity index (χ3v) is 16.3. The van der Waals surface area contributed by atoms with Crippen molar-refractivity contribution in [1.82, 2.24) is 0 Å². The summed E-state index contributed by atoms with van der Waals surface area (Å²) in [7, 11) is 0. The maximum absolute atomic E-state index is 7.05. The van der Waals surface area contributed by atoms with E-state index < -0.39 is 12.0 Å². The van der Waals surface area contributed by atoms with E-state index in [1.165, 1.54) is 0 Å². The summed E-state index contributed by atoms with van der Waals surface area (Å²) < 4.78 is 0. The van der Waals surface area contributed by atoms with Crippen LogP contribution in [0.4, 0.5) is 0 Å². The van der Waals surface area contributed by atoms with E-state index in [-0.39, 0.29) is 20.3 Å². The van der Waals surface area contributed by atoms with Gasteiger partial charge in [0.1, 0.15) is 0 Å². The maximum atomic E-state index is 7.05. The number of hydrogen-bond acceptors (Lipinski definition) is 3. The fourth-order valence-corrected chi connectivity index (χ4v) is 16.4. The van der Waals surface area contributed by atoms with Gasteiger partial charge in [0, 0.05) is 63.2 Å². The molecule has 0 atom stereocenters. The molecule has 0 unspecified atom stereocenters. The fourth-order valence-electron chi connectivity index (χ4n) is 6.06. The quantitative estimate of drug-likeness (QED) is 0.0501. The Labute approximate surface area is 287 Å². The Morgan fingerprint density at radius 1 is 0.462 bits per heavy atom. The average Bonchev–Trinajstić information content (AvgIpc) is 2.84. The lowest BCUT2D eigenvalue weighted by Gasteiger charge is -2.30. The van der Waals surface area contributed by atoms with Gasteiger partial charge in [0.2, 0.25) is 0 Å². The predicted molar refractivity (Wildman–Crippen MR) is 193 cm³/mol. The summed E-state index contributed by atoms with van der Waals surface area (Å²) in [6, 6.07) is -1.79. The number of hydrogen-bond donors (Lipinski definition) is 3. The SMILES string of the molecule is Sc1cc2ccc3c(Cl)c(Cl)c4c(Cl)c(Cl)c5c([Si](Cl)(Cl)Cl)c([Si](Cl)(Cl)Cl)c6c(S)c(S)c1c1c2c3c4c5c61. The van der Waals surface area contributed by atoms with Crippen LogP contribution in [-0.4, -0.2) is 12.0 Å². The van der Waals surface area contributed by atoms with Crippen molar-refractivity contribution in [2.45, 2.75) is 14.7 Å². The highest BCUT2D eigenvalue weighted by molar-refractivity contribution is 7.84. The van der Waals surface area contributed by atoms with E-state index in [9.17, 15) is 0 Å². The number of rotatable bonds is 2. The van der Waals surface area contributed by atoms with Crippen molar-refractivity contribution in [3.8, 4) is 0 Å². The van der Waals surface area contributed by atoms with Crippen molar-refractivity contribution in [3.05, 3.63) is 38.3 Å². The molecule has 0 spiro atoms. The molecule has 0 aliphatic rings. The van der Waals surface area contributed by atoms with Gasteiger partial charge in [0.05, 0.1) is 20.1 Å². The first-order valence-electron chi connectivity index (χ1n) is 10.8. The Bertz CT molecular complexity index is 2220. The zero-order valence-corrected chi connectivity index (χ0v) is 30.6. The van der Waals surface area contributed by atoms with Crippen LogP contribution in [0.1, 0.15) is 0 Å². The van der Waals surface area contributed by atoms with Gasteiger partial charge in [-0.1, -0.05) is 58.5 Å². The number of benzene rings is 7. The molecule has 0 nitrogen and oxygen atoms in total. The van der Waals surface area contributed by atoms with Crippen LogP contribution in [0.3, 0.4) is 0 Å². The van der Waals surface area contributed by atoms with Crippen molar-refractivity contribution in [2.24, 2.45) is 0 Å². The van der Waals surface area contributed by atoms with Crippen molar-refractivity contribution in [1.29, 1.82) is 0 Å². The second-order valence-corrected chi connectivity index (χ2v) is 28.7. The number of halogens is 10. The molecule has 0 bridgehead atoms. The van der Waals surface area contributed by atoms with Crippen molar-refractivity contribution in [2.75, 3.05) is 0 Å². The molecule has 7 aromatic rings. The molecule has 39 heavy (non-hydrogen) atoms. The van der Waals surface area contributed by atoms with Crippen molar-refractivity contribution >= 4 is 238 Å². The molecule has 7 aromatic carbocycles. The van der Waals surface area contributed by atoms with Gasteiger partial charge >= 0.3 is 12.0 Å². The monoisotopic (exact) mass is 796 g/mol. The first-order chi connectivity index (χ1) is 18.1. The largest absolute Gasteiger partial charge is 0.373 e. The van der Waals surface area contributed by atoms with Gasteiger partial charge in [-0.05, 0) is 32.6 Å². The van der Waals surface area contributed by atoms with E-state index in [2.05, 4.69) is 0 Å². The van der Waals surface area contributed by atoms with Crippen LogP contribution in [0.25, 0.3) is 64.6 Å². The highest BCUT2D eigenvalue weighted by Crippen LogP contribution is 2.57. The van der Waals surface area contributed by atoms with Crippen LogP contribution >= 0.6 is 151 Å². The molecule has 0 aliphatic carbocycles. The summed E-state index contributed by atoms with van der Waals surface area (Å²) >= 11 is 83.3. The van der Waals surface area contributed by atoms with Gasteiger partial charge in [-0.25, -0.2) is 0 Å². The zero-order chi connectivity index (χ0) is 28.2. The average molecular weight is 801 g/mol. The molecule has 0 aliphatic heterocycles. The van der Waals surface area contributed by atoms with Crippen molar-refractivity contribution < 1.29 is 0 Å². The fraction of sp³-hybridized carbons (Fsp3) is 0. The highest BCUT2D eigenvalue weighted by Gasteiger charge is 2.45. The number of thiol groups is 3. The lowest BCUT2D eigenvalue weighted by atomic mass is 9.82. The standard InChI is InChI=1S/C24H6Cl10S3Si2/c25-17-5-2-1-4-3-6(35)9-10-7(4)8(5)11-12-13(10)16(22(37)21(9)36)24(39(32,33)34)23(38(29,30)31)15(12)20(28)19(27)14(11)18(17)26/h1-3,35-37H. The Morgan fingerprint density at radius 3 is 1.54 bits per heavy atom. The Morgan fingerprint density at radius 2 is 0.923 bits per heavy atom. The summed E-state index contributed by atoms with van der Waals surface area (Å²) in [5, 5.41) is 10.0. The van der Waals surface area contributed by atoms with E-state index in [0.29, 0.717) is 46.4 Å². The Hall–Kier alpha value is 1.26. The summed E-state index contributed by atoms with van der Waals surface area (Å²) in [4.78, 5) is 1.70. The molecule has 0 amide bonds. The molecule has 15 heteroatoms. The first kappa shape index (κ1) is 29.0. The van der Waals surface area contributed by atoms with Gasteiger partial charge in [-0.3, -0.25) is 0 Å². The summed E-state index contributed by atoms with van der Waals surface area (Å²) in [6.45, 7) is 0. The van der Waals surface area contributed by atoms with Gasteiger partial charge in [-0.2, -0.15) is 0 Å². The molecule has 0 N–H and O–H groups in total. The second-order valence-electron chi connectivity index (χ2n) is 9.18. The van der Waals surface area contributed by atoms with E-state index in [4.69, 9.17) is 151 Å². The molecule has 0 saturated heterocycles. The van der Waals surface area contributed by atoms with E-state index in [1.807, 2.05) is 18.2 Å². The Balaban J connectivity index is 2.09. The van der Waals surface area contributed by atoms with Crippen LogP contribution < -0.4 is 10.4 Å². The topological polar surface area (TPSA) is 0 Å². The highest BCUT2D eigenvalue weighted by atomic mass is 35.8. The van der Waals surface area contributed by atoms with Crippen LogP contribution in [0.5, 0.6) is 0 Å². The minimum absolute atomic E-state index is 0.123. The van der Waals surface area contributed by atoms with E-state index in [0.717, 1.165) is 43.1 Å². The molecule has 0 radical (unpaired) electrons. The van der Waals surface area contributed by atoms with Crippen LogP contribution in [0.2, 0.25) is 20.1 Å². The summed E-state index contributed by atoms with van der Waals surface area (Å²) in [6.07, 6.45) is 0. The molecule has 198 valence electrons. The lowest BCUT2D eigenvalue weighted by Crippen LogP contribution is -2.51. The minimum Gasteiger partial charge on any atom is -0.143 e. The maximum Gasteiger partial charge on any atom is 0.373 e. The van der Waals surface area contributed by atoms with Crippen LogP contribution in [-0.2, 0) is 0 Å². The Kier molecular flexibility index (Phi) is 6.80. The van der Waals surface area contributed by atoms with Crippen molar-refractivity contribution in [3.63, 3.8) is 0 Å². The third kappa shape index (κ3) is 3.65. The first-order valence-corrected chi connectivity index (χ1v) is 23.7. The van der Waals surface area contributed by atoms with Gasteiger partial charge in [0.15, 0.2) is 0 Å². The van der Waals surface area contributed by atoms with Gasteiger partial charge in [-0.15, -0.1) is 104 Å². The van der Waals surface area contributed by atoms with Crippen LogP contribution in [0.15, 0.2) is 32.9 Å². The smallest absolute Gasteiger partial charge is 0.143 e. The predicted octanol–water partition coefficient (Wildman–Crippen LogP) is 12.1. The molecule has 0 heterocycles. The lowest BCUT2D eigenvalue weighted by molar-refractivity contribution is 1.36. The molecule has 0 fully saturated rings. The summed E-state index contributed by atoms with van der Waals surface area (Å²) in [5.74, 6) is 0. The zero-order valence-electron chi connectivity index (χ0n) is 18.4. The molecule has 0 saturated carbocycles. The third-order valence-electron chi connectivity index (χ3n) is 7.33. The molecular formula is C24H6Cl10S3Si2. The second kappa shape index (κ2) is 9.15. The molecule has 7 rings (SSSR count). The van der Waals surface area contributed by atoms with Gasteiger partial charge < -0.3 is 0 Å². The van der Waals surface area contributed by atoms with E-state index >= 15 is 0 Å². The van der Waals surface area contributed by atoms with Gasteiger partial charge in [0.25, 0.3) is 0 Å². The molecular weight excluding hydrogens is 795 g/mol. The molecule has 0 aromatic heterocycles. The minimum atomic E-state index is -3.84. The summed E-state index contributed by atoms with van der Waals surface area (Å²) in [5.41, 5.74) is 0. The van der Waals surface area contributed by atoms with E-state index in [1.54, 1.807) is 0 Å². The van der Waals surface area contributed by atoms with Crippen LogP contribution in [0, 0.1) is 0 Å².